The summed E-state index contributed by atoms with van der Waals surface area (Å²) >= 11 is 0. The molecule has 0 aromatic carbocycles. The van der Waals surface area contributed by atoms with E-state index in [9.17, 15) is 5.11 Å². The molecule has 0 heterocycles. The largest absolute Gasteiger partial charge is 0.381 e. The summed E-state index contributed by atoms with van der Waals surface area (Å²) in [5.41, 5.74) is 1.02. The van der Waals surface area contributed by atoms with Crippen molar-refractivity contribution >= 4 is 12.4 Å². The van der Waals surface area contributed by atoms with Gasteiger partial charge in [-0.05, 0) is 45.8 Å². The molecule has 0 fully saturated rings. The van der Waals surface area contributed by atoms with Crippen molar-refractivity contribution < 1.29 is 30.9 Å². The normalized spacial score (nSPS) is 16.6. The summed E-state index contributed by atoms with van der Waals surface area (Å²) < 4.78 is 0. The Hall–Kier alpha value is 0.0801. The Bertz CT molecular complexity index is 282. The summed E-state index contributed by atoms with van der Waals surface area (Å²) in [5.74, 6) is 0. The Labute approximate surface area is 131 Å². The minimum atomic E-state index is -0.862. The van der Waals surface area contributed by atoms with Crippen LogP contribution >= 0.6 is 12.4 Å². The summed E-state index contributed by atoms with van der Waals surface area (Å²) in [5, 5.41) is 10.3. The van der Waals surface area contributed by atoms with E-state index < -0.39 is 5.60 Å². The fourth-order valence-electron chi connectivity index (χ4n) is 1.12. The van der Waals surface area contributed by atoms with E-state index >= 15 is 0 Å². The minimum absolute atomic E-state index is 0. The van der Waals surface area contributed by atoms with Crippen molar-refractivity contribution in [1.29, 1.82) is 0 Å². The van der Waals surface area contributed by atoms with E-state index in [1.165, 1.54) is 0 Å². The number of aliphatic hydroxyl groups is 1. The van der Waals surface area contributed by atoms with E-state index in [1.54, 1.807) is 0 Å². The topological polar surface area (TPSA) is 20.2 Å². The third-order valence-electron chi connectivity index (χ3n) is 2.61. The molecule has 1 nitrogen and oxygen atoms in total. The van der Waals surface area contributed by atoms with E-state index in [1.807, 2.05) is 71.1 Å². The molecule has 0 aliphatic carbocycles. The molecule has 0 aliphatic rings. The van der Waals surface area contributed by atoms with Crippen molar-refractivity contribution in [3.8, 4) is 0 Å². The fourth-order valence-corrected chi connectivity index (χ4v) is 1.12. The average molecular weight is 421 g/mol. The van der Waals surface area contributed by atoms with Crippen LogP contribution in [0.5, 0.6) is 0 Å². The molecule has 0 saturated heterocycles. The molecule has 96 valence electrons. The van der Waals surface area contributed by atoms with Crippen molar-refractivity contribution in [2.45, 2.75) is 40.2 Å². The summed E-state index contributed by atoms with van der Waals surface area (Å²) in [7, 11) is 0. The van der Waals surface area contributed by atoms with Gasteiger partial charge in [-0.1, -0.05) is 36.5 Å². The van der Waals surface area contributed by atoms with E-state index in [4.69, 9.17) is 0 Å². The standard InChI is InChI=1S/C14H22O.ClH.Hf/c1-6-8-10-12(3)14(5,15)13(4)11-9-7-2;;/h6-11,15H,1-5H3;1H;. The number of allylic oxidation sites excluding steroid dienone is 6. The Morgan fingerprint density at radius 3 is 1.47 bits per heavy atom. The maximum absolute atomic E-state index is 10.3. The summed E-state index contributed by atoms with van der Waals surface area (Å²) in [6.45, 7) is 9.61. The second kappa shape index (κ2) is 11.2. The molecule has 0 aliphatic heterocycles. The smallest absolute Gasteiger partial charge is 0.104 e. The van der Waals surface area contributed by atoms with Gasteiger partial charge in [0.1, 0.15) is 5.60 Å². The molecule has 1 N–H and O–H groups in total. The predicted molar refractivity (Wildman–Crippen MR) is 75.0 cm³/mol. The van der Waals surface area contributed by atoms with Gasteiger partial charge in [-0.3, -0.25) is 0 Å². The quantitative estimate of drug-likeness (QED) is 0.533. The van der Waals surface area contributed by atoms with Gasteiger partial charge in [-0.15, -0.1) is 12.4 Å². The molecule has 0 amide bonds. The Kier molecular flexibility index (Phi) is 14.7. The molecule has 0 spiro atoms. The SMILES string of the molecule is CC=CC=C(C)C(C)(O)C(C)=CC=CC.Cl.[Hf]. The average Bonchev–Trinajstić information content (AvgIpc) is 2.21. The molecule has 0 radical (unpaired) electrons. The van der Waals surface area contributed by atoms with Crippen LogP contribution in [0.15, 0.2) is 47.6 Å². The first-order valence-corrected chi connectivity index (χ1v) is 5.29. The van der Waals surface area contributed by atoms with Gasteiger partial charge in [0.2, 0.25) is 0 Å². The van der Waals surface area contributed by atoms with Crippen LogP contribution in [-0.2, 0) is 25.8 Å². The Morgan fingerprint density at radius 2 is 1.24 bits per heavy atom. The zero-order chi connectivity index (χ0) is 11.9. The second-order valence-corrected chi connectivity index (χ2v) is 3.82. The third kappa shape index (κ3) is 7.91. The molecule has 0 bridgehead atoms. The van der Waals surface area contributed by atoms with Crippen molar-refractivity contribution in [3.05, 3.63) is 47.6 Å². The van der Waals surface area contributed by atoms with Gasteiger partial charge in [0.05, 0.1) is 0 Å². The van der Waals surface area contributed by atoms with Gasteiger partial charge in [-0.25, -0.2) is 0 Å². The monoisotopic (exact) mass is 422 g/mol. The fraction of sp³-hybridized carbons (Fsp3) is 0.429. The zero-order valence-electron chi connectivity index (χ0n) is 11.3. The molecule has 0 aromatic rings. The third-order valence-corrected chi connectivity index (χ3v) is 2.61. The van der Waals surface area contributed by atoms with E-state index in [0.717, 1.165) is 11.1 Å². The summed E-state index contributed by atoms with van der Waals surface area (Å²) in [6.07, 6.45) is 11.6. The molecule has 0 rings (SSSR count). The van der Waals surface area contributed by atoms with Crippen LogP contribution in [0.25, 0.3) is 0 Å². The van der Waals surface area contributed by atoms with Crippen molar-refractivity contribution in [2.75, 3.05) is 0 Å². The number of hydrogen-bond acceptors (Lipinski definition) is 1. The maximum Gasteiger partial charge on any atom is 0.104 e. The van der Waals surface area contributed by atoms with Crippen LogP contribution in [0.1, 0.15) is 34.6 Å². The maximum atomic E-state index is 10.3. The van der Waals surface area contributed by atoms with E-state index in [-0.39, 0.29) is 38.3 Å². The van der Waals surface area contributed by atoms with Crippen molar-refractivity contribution in [3.63, 3.8) is 0 Å². The van der Waals surface area contributed by atoms with Crippen LogP contribution < -0.4 is 0 Å². The second-order valence-electron chi connectivity index (χ2n) is 3.82. The predicted octanol–water partition coefficient (Wildman–Crippen LogP) is 4.20. The first-order chi connectivity index (χ1) is 6.96. The van der Waals surface area contributed by atoms with Gasteiger partial charge < -0.3 is 5.11 Å². The molecule has 0 saturated carbocycles. The molecule has 0 aromatic heterocycles. The van der Waals surface area contributed by atoms with E-state index in [0.29, 0.717) is 0 Å². The van der Waals surface area contributed by atoms with Crippen molar-refractivity contribution in [2.24, 2.45) is 0 Å². The Morgan fingerprint density at radius 1 is 0.941 bits per heavy atom. The molecule has 0 unspecified atom stereocenters. The minimum Gasteiger partial charge on any atom is -0.381 e. The van der Waals surface area contributed by atoms with Gasteiger partial charge >= 0.3 is 0 Å². The molecular weight excluding hydrogens is 398 g/mol. The van der Waals surface area contributed by atoms with Gasteiger partial charge in [0.15, 0.2) is 0 Å². The molecule has 0 atom stereocenters. The van der Waals surface area contributed by atoms with Crippen LogP contribution in [0.4, 0.5) is 0 Å². The zero-order valence-corrected chi connectivity index (χ0v) is 15.7. The number of hydrogen-bond donors (Lipinski definition) is 1. The van der Waals surface area contributed by atoms with Gasteiger partial charge in [0.25, 0.3) is 0 Å². The van der Waals surface area contributed by atoms with Crippen LogP contribution in [-0.4, -0.2) is 10.7 Å². The molecule has 3 heteroatoms. The first kappa shape index (κ1) is 22.3. The number of rotatable bonds is 4. The Balaban J connectivity index is -0.000000980. The van der Waals surface area contributed by atoms with Crippen LogP contribution in [0.2, 0.25) is 0 Å². The first-order valence-electron chi connectivity index (χ1n) is 5.29. The van der Waals surface area contributed by atoms with Gasteiger partial charge in [-0.2, -0.15) is 0 Å². The van der Waals surface area contributed by atoms with Gasteiger partial charge in [0, 0.05) is 25.8 Å². The van der Waals surface area contributed by atoms with Crippen LogP contribution in [0.3, 0.4) is 0 Å². The summed E-state index contributed by atoms with van der Waals surface area (Å²) in [4.78, 5) is 0. The molecular formula is C14H23ClHfO. The van der Waals surface area contributed by atoms with E-state index in [2.05, 4.69) is 0 Å². The summed E-state index contributed by atoms with van der Waals surface area (Å²) in [6, 6.07) is 0. The molecule has 17 heavy (non-hydrogen) atoms. The van der Waals surface area contributed by atoms with Crippen molar-refractivity contribution in [1.82, 2.24) is 0 Å². The number of halogens is 1. The van der Waals surface area contributed by atoms with Crippen LogP contribution in [0, 0.1) is 0 Å².